The van der Waals surface area contributed by atoms with Gasteiger partial charge in [-0.2, -0.15) is 0 Å². The van der Waals surface area contributed by atoms with Gasteiger partial charge >= 0.3 is 5.97 Å². The van der Waals surface area contributed by atoms with Crippen molar-refractivity contribution in [3.05, 3.63) is 94.0 Å². The maximum absolute atomic E-state index is 13.3. The maximum atomic E-state index is 13.3. The van der Waals surface area contributed by atoms with Crippen LogP contribution < -0.4 is 15.0 Å². The number of rotatable bonds is 6. The first-order valence-electron chi connectivity index (χ1n) is 10.4. The molecule has 3 aromatic rings. The Labute approximate surface area is 254 Å². The number of carbonyl (C=O) groups is 3. The van der Waals surface area contributed by atoms with Crippen LogP contribution in [0, 0.1) is 7.14 Å². The zero-order valence-corrected chi connectivity index (χ0v) is 25.1. The minimum atomic E-state index is -0.992. The number of amides is 2. The molecular weight excluding hydrogens is 765 g/mol. The summed E-state index contributed by atoms with van der Waals surface area (Å²) >= 11 is 21.5. The fourth-order valence-electron chi connectivity index (χ4n) is 3.38. The van der Waals surface area contributed by atoms with Crippen LogP contribution in [0.4, 0.5) is 5.69 Å². The highest BCUT2D eigenvalue weighted by molar-refractivity contribution is 14.1. The Balaban J connectivity index is 1.58. The van der Waals surface area contributed by atoms with Crippen molar-refractivity contribution in [3.8, 4) is 5.75 Å². The first-order chi connectivity index (χ1) is 17.5. The van der Waals surface area contributed by atoms with Gasteiger partial charge in [0.2, 0.25) is 0 Å². The molecule has 1 heterocycles. The molecule has 188 valence electrons. The molecule has 1 aliphatic heterocycles. The molecule has 1 aliphatic rings. The molecule has 37 heavy (non-hydrogen) atoms. The minimum Gasteiger partial charge on any atom is -0.487 e. The molecule has 0 atom stereocenters. The number of ether oxygens (including phenoxy) is 1. The lowest BCUT2D eigenvalue weighted by Crippen LogP contribution is -2.54. The number of aromatic carboxylic acids is 1. The number of carboxylic acid groups (broad SMARTS) is 1. The highest BCUT2D eigenvalue weighted by Gasteiger charge is 2.34. The van der Waals surface area contributed by atoms with Gasteiger partial charge in [0.05, 0.1) is 28.4 Å². The van der Waals surface area contributed by atoms with E-state index in [1.165, 1.54) is 29.2 Å². The quantitative estimate of drug-likeness (QED) is 0.132. The number of benzene rings is 3. The first kappa shape index (κ1) is 27.8. The minimum absolute atomic E-state index is 0.0603. The van der Waals surface area contributed by atoms with Crippen molar-refractivity contribution < 1.29 is 24.2 Å². The number of halogens is 4. The molecule has 1 fully saturated rings. The van der Waals surface area contributed by atoms with Gasteiger partial charge in [0.15, 0.2) is 5.11 Å². The molecule has 0 spiro atoms. The summed E-state index contributed by atoms with van der Waals surface area (Å²) < 4.78 is 7.50. The van der Waals surface area contributed by atoms with E-state index in [0.29, 0.717) is 22.0 Å². The molecule has 0 radical (unpaired) electrons. The molecule has 2 N–H and O–H groups in total. The van der Waals surface area contributed by atoms with Gasteiger partial charge in [0.1, 0.15) is 17.9 Å². The van der Waals surface area contributed by atoms with Crippen LogP contribution in [-0.2, 0) is 16.2 Å². The molecule has 0 saturated carbocycles. The highest BCUT2D eigenvalue weighted by atomic mass is 127. The predicted octanol–water partition coefficient (Wildman–Crippen LogP) is 6.31. The molecule has 3 aromatic carbocycles. The average Bonchev–Trinajstić information content (AvgIpc) is 2.83. The summed E-state index contributed by atoms with van der Waals surface area (Å²) in [6.45, 7) is 0.239. The van der Waals surface area contributed by atoms with Crippen LogP contribution in [0.3, 0.4) is 0 Å². The van der Waals surface area contributed by atoms with Gasteiger partial charge in [-0.05, 0) is 117 Å². The number of nitrogens with zero attached hydrogens (tertiary/aromatic N) is 1. The molecule has 7 nitrogen and oxygen atoms in total. The molecule has 0 unspecified atom stereocenters. The average molecular weight is 779 g/mol. The Kier molecular flexibility index (Phi) is 8.74. The van der Waals surface area contributed by atoms with E-state index >= 15 is 0 Å². The van der Waals surface area contributed by atoms with E-state index in [1.54, 1.807) is 36.4 Å². The van der Waals surface area contributed by atoms with E-state index in [4.69, 9.17) is 45.3 Å². The van der Waals surface area contributed by atoms with E-state index in [-0.39, 0.29) is 27.9 Å². The zero-order chi connectivity index (χ0) is 26.9. The molecule has 0 aliphatic carbocycles. The van der Waals surface area contributed by atoms with Gasteiger partial charge in [0, 0.05) is 0 Å². The fourth-order valence-corrected chi connectivity index (χ4v) is 6.08. The summed E-state index contributed by atoms with van der Waals surface area (Å²) in [7, 11) is 0. The second-order valence-corrected chi connectivity index (χ2v) is 11.2. The van der Waals surface area contributed by atoms with Crippen molar-refractivity contribution in [2.24, 2.45) is 0 Å². The van der Waals surface area contributed by atoms with Crippen LogP contribution in [0.2, 0.25) is 10.0 Å². The Morgan fingerprint density at radius 3 is 2.27 bits per heavy atom. The van der Waals surface area contributed by atoms with Crippen LogP contribution in [0.15, 0.2) is 60.2 Å². The van der Waals surface area contributed by atoms with Crippen molar-refractivity contribution >= 4 is 115 Å². The second-order valence-electron chi connectivity index (χ2n) is 7.66. The fraction of sp³-hybridized carbons (Fsp3) is 0.0400. The lowest BCUT2D eigenvalue weighted by atomic mass is 10.1. The Morgan fingerprint density at radius 1 is 1.03 bits per heavy atom. The van der Waals surface area contributed by atoms with Crippen molar-refractivity contribution in [2.45, 2.75) is 6.61 Å². The monoisotopic (exact) mass is 778 g/mol. The summed E-state index contributed by atoms with van der Waals surface area (Å²) in [5.74, 6) is -1.57. The Bertz CT molecular complexity index is 1470. The number of nitrogens with one attached hydrogen (secondary N) is 1. The van der Waals surface area contributed by atoms with Crippen molar-refractivity contribution in [1.29, 1.82) is 0 Å². The Hall–Kier alpha value is -2.26. The van der Waals surface area contributed by atoms with Crippen LogP contribution in [-0.4, -0.2) is 28.0 Å². The van der Waals surface area contributed by atoms with Gasteiger partial charge in [0.25, 0.3) is 11.8 Å². The molecule has 12 heteroatoms. The topological polar surface area (TPSA) is 95.9 Å². The predicted molar refractivity (Wildman–Crippen MR) is 162 cm³/mol. The van der Waals surface area contributed by atoms with Gasteiger partial charge in [-0.3, -0.25) is 19.8 Å². The third-order valence-corrected chi connectivity index (χ3v) is 7.80. The summed E-state index contributed by atoms with van der Waals surface area (Å²) in [4.78, 5) is 38.1. The lowest BCUT2D eigenvalue weighted by Gasteiger charge is -2.29. The number of thiocarbonyl (C=S) groups is 1. The SMILES string of the molecule is O=C1NC(=S)N(c2ccc(Cl)c(Cl)c2)C(=O)/C1=C/c1cc(I)c(OCc2ccc(C(=O)O)cc2)c(I)c1. The van der Waals surface area contributed by atoms with Gasteiger partial charge < -0.3 is 9.84 Å². The van der Waals surface area contributed by atoms with E-state index in [2.05, 4.69) is 50.5 Å². The van der Waals surface area contributed by atoms with Crippen LogP contribution >= 0.6 is 80.6 Å². The highest BCUT2D eigenvalue weighted by Crippen LogP contribution is 2.32. The Morgan fingerprint density at radius 2 is 1.68 bits per heavy atom. The van der Waals surface area contributed by atoms with E-state index in [1.807, 2.05) is 0 Å². The summed E-state index contributed by atoms with van der Waals surface area (Å²) in [6, 6.07) is 14.6. The standard InChI is InChI=1S/C25H14Cl2I2N2O5S/c26-17-6-5-15(10-18(17)27)31-23(33)16(22(32)30-25(31)37)7-13-8-19(28)21(20(29)9-13)36-11-12-1-3-14(4-2-12)24(34)35/h1-10H,11H2,(H,34,35)(H,30,32,37)/b16-7+. The van der Waals surface area contributed by atoms with Gasteiger partial charge in [-0.15, -0.1) is 0 Å². The van der Waals surface area contributed by atoms with Gasteiger partial charge in [-0.25, -0.2) is 4.79 Å². The molecule has 2 amide bonds. The largest absolute Gasteiger partial charge is 0.487 e. The molecule has 0 bridgehead atoms. The first-order valence-corrected chi connectivity index (χ1v) is 13.7. The van der Waals surface area contributed by atoms with Crippen LogP contribution in [0.1, 0.15) is 21.5 Å². The molecule has 0 aromatic heterocycles. The summed E-state index contributed by atoms with van der Waals surface area (Å²) in [6.07, 6.45) is 1.49. The van der Waals surface area contributed by atoms with Crippen molar-refractivity contribution in [3.63, 3.8) is 0 Å². The third kappa shape index (κ3) is 6.25. The van der Waals surface area contributed by atoms with E-state index in [9.17, 15) is 14.4 Å². The van der Waals surface area contributed by atoms with Crippen LogP contribution in [0.25, 0.3) is 6.08 Å². The van der Waals surface area contributed by atoms with Crippen LogP contribution in [0.5, 0.6) is 5.75 Å². The van der Waals surface area contributed by atoms with Crippen molar-refractivity contribution in [1.82, 2.24) is 5.32 Å². The zero-order valence-electron chi connectivity index (χ0n) is 18.4. The number of carboxylic acids is 1. The molecule has 4 rings (SSSR count). The van der Waals surface area contributed by atoms with Gasteiger partial charge in [-0.1, -0.05) is 35.3 Å². The van der Waals surface area contributed by atoms with E-state index < -0.39 is 17.8 Å². The summed E-state index contributed by atoms with van der Waals surface area (Å²) in [5.41, 5.74) is 1.90. The number of hydrogen-bond donors (Lipinski definition) is 2. The number of hydrogen-bond acceptors (Lipinski definition) is 5. The maximum Gasteiger partial charge on any atom is 0.335 e. The number of anilines is 1. The molecule has 1 saturated heterocycles. The molecular formula is C25H14Cl2I2N2O5S. The van der Waals surface area contributed by atoms with Crippen molar-refractivity contribution in [2.75, 3.05) is 4.90 Å². The third-order valence-electron chi connectivity index (χ3n) is 5.18. The summed E-state index contributed by atoms with van der Waals surface area (Å²) in [5, 5.41) is 12.1. The smallest absolute Gasteiger partial charge is 0.335 e. The second kappa shape index (κ2) is 11.6. The van der Waals surface area contributed by atoms with E-state index in [0.717, 1.165) is 12.7 Å². The lowest BCUT2D eigenvalue weighted by molar-refractivity contribution is -0.122. The normalized spacial score (nSPS) is 14.6. The number of carbonyl (C=O) groups excluding carboxylic acids is 2.